The van der Waals surface area contributed by atoms with Crippen LogP contribution >= 0.6 is 0 Å². The molecule has 1 aliphatic heterocycles. The van der Waals surface area contributed by atoms with Crippen molar-refractivity contribution in [3.8, 4) is 0 Å². The zero-order valence-corrected chi connectivity index (χ0v) is 14.6. The molecule has 0 N–H and O–H groups in total. The molecule has 1 fully saturated rings. The largest absolute Gasteiger partial charge is 0.337 e. The molecule has 1 saturated heterocycles. The lowest BCUT2D eigenvalue weighted by Gasteiger charge is -2.28. The van der Waals surface area contributed by atoms with E-state index >= 15 is 0 Å². The van der Waals surface area contributed by atoms with Crippen LogP contribution in [0.15, 0.2) is 31.1 Å². The van der Waals surface area contributed by atoms with Gasteiger partial charge >= 0.3 is 0 Å². The summed E-state index contributed by atoms with van der Waals surface area (Å²) < 4.78 is 17.8. The molecule has 2 atom stereocenters. The predicted molar refractivity (Wildman–Crippen MR) is 91.3 cm³/mol. The SMILES string of the molecule is CN(CCCn1ccnc1)C[C@@H]1C[C@H](F)CN1Cc1cnn(C)c1. The van der Waals surface area contributed by atoms with Gasteiger partial charge in [-0.1, -0.05) is 0 Å². The van der Waals surface area contributed by atoms with Crippen molar-refractivity contribution >= 4 is 0 Å². The second-order valence-corrected chi connectivity index (χ2v) is 6.85. The van der Waals surface area contributed by atoms with E-state index in [1.54, 1.807) is 10.9 Å². The van der Waals surface area contributed by atoms with E-state index in [9.17, 15) is 4.39 Å². The average molecular weight is 334 g/mol. The number of alkyl halides is 1. The third-order valence-corrected chi connectivity index (χ3v) is 4.66. The molecule has 6 nitrogen and oxygen atoms in total. The Morgan fingerprint density at radius 1 is 1.42 bits per heavy atom. The fraction of sp³-hybridized carbons (Fsp3) is 0.647. The average Bonchev–Trinajstić information content (AvgIpc) is 3.24. The van der Waals surface area contributed by atoms with Crippen LogP contribution in [0.3, 0.4) is 0 Å². The van der Waals surface area contributed by atoms with Gasteiger partial charge in [-0.3, -0.25) is 9.58 Å². The number of hydrogen-bond donors (Lipinski definition) is 0. The number of rotatable bonds is 8. The van der Waals surface area contributed by atoms with E-state index in [0.717, 1.165) is 38.2 Å². The molecule has 24 heavy (non-hydrogen) atoms. The maximum absolute atomic E-state index is 13.9. The van der Waals surface area contributed by atoms with Gasteiger partial charge in [0.2, 0.25) is 0 Å². The van der Waals surface area contributed by atoms with E-state index in [1.165, 1.54) is 0 Å². The third kappa shape index (κ3) is 4.64. The van der Waals surface area contributed by atoms with Crippen molar-refractivity contribution in [2.24, 2.45) is 7.05 Å². The van der Waals surface area contributed by atoms with E-state index in [4.69, 9.17) is 0 Å². The lowest BCUT2D eigenvalue weighted by atomic mass is 10.2. The quantitative estimate of drug-likeness (QED) is 0.735. The van der Waals surface area contributed by atoms with E-state index < -0.39 is 6.17 Å². The molecule has 0 aliphatic carbocycles. The van der Waals surface area contributed by atoms with Gasteiger partial charge < -0.3 is 9.47 Å². The van der Waals surface area contributed by atoms with E-state index in [-0.39, 0.29) is 6.04 Å². The summed E-state index contributed by atoms with van der Waals surface area (Å²) in [4.78, 5) is 8.63. The fourth-order valence-electron chi connectivity index (χ4n) is 3.49. The molecule has 0 amide bonds. The van der Waals surface area contributed by atoms with Crippen molar-refractivity contribution in [2.75, 3.05) is 26.7 Å². The first-order valence-electron chi connectivity index (χ1n) is 8.60. The Bertz CT molecular complexity index is 610. The van der Waals surface area contributed by atoms with E-state index in [2.05, 4.69) is 31.5 Å². The van der Waals surface area contributed by atoms with Crippen LogP contribution in [0.4, 0.5) is 4.39 Å². The number of likely N-dealkylation sites (N-methyl/N-ethyl adjacent to an activating group) is 1. The first-order chi connectivity index (χ1) is 11.6. The molecule has 0 saturated carbocycles. The molecule has 0 bridgehead atoms. The van der Waals surface area contributed by atoms with Gasteiger partial charge in [0.05, 0.1) is 12.5 Å². The summed E-state index contributed by atoms with van der Waals surface area (Å²) in [6.07, 6.45) is 10.5. The van der Waals surface area contributed by atoms with E-state index in [1.807, 2.05) is 32.0 Å². The van der Waals surface area contributed by atoms with Gasteiger partial charge in [-0.15, -0.1) is 0 Å². The van der Waals surface area contributed by atoms with Crippen molar-refractivity contribution in [1.29, 1.82) is 0 Å². The monoisotopic (exact) mass is 334 g/mol. The number of aryl methyl sites for hydroxylation is 2. The maximum Gasteiger partial charge on any atom is 0.114 e. The van der Waals surface area contributed by atoms with Crippen LogP contribution in [-0.4, -0.2) is 68.0 Å². The van der Waals surface area contributed by atoms with Gasteiger partial charge in [-0.05, 0) is 26.4 Å². The highest BCUT2D eigenvalue weighted by molar-refractivity contribution is 5.05. The molecule has 1 aliphatic rings. The number of hydrogen-bond acceptors (Lipinski definition) is 4. The minimum atomic E-state index is -0.717. The van der Waals surface area contributed by atoms with Crippen LogP contribution in [0.2, 0.25) is 0 Å². The summed E-state index contributed by atoms with van der Waals surface area (Å²) in [5.41, 5.74) is 1.15. The Labute approximate surface area is 142 Å². The standard InChI is InChI=1S/C17H27FN6/c1-21(5-3-6-23-7-4-19-14-23)13-17-8-16(18)12-24(17)11-15-9-20-22(2)10-15/h4,7,9-10,14,16-17H,3,5-6,8,11-13H2,1-2H3/t16-,17-/m0/s1. The lowest BCUT2D eigenvalue weighted by molar-refractivity contribution is 0.182. The Morgan fingerprint density at radius 2 is 2.29 bits per heavy atom. The summed E-state index contributed by atoms with van der Waals surface area (Å²) in [5.74, 6) is 0. The first kappa shape index (κ1) is 17.1. The molecule has 2 aromatic heterocycles. The number of halogens is 1. The zero-order chi connectivity index (χ0) is 16.9. The van der Waals surface area contributed by atoms with Gasteiger partial charge in [0.25, 0.3) is 0 Å². The second kappa shape index (κ2) is 7.90. The summed E-state index contributed by atoms with van der Waals surface area (Å²) in [6, 6.07) is 0.276. The molecule has 7 heteroatoms. The lowest BCUT2D eigenvalue weighted by Crippen LogP contribution is -2.38. The molecule has 0 radical (unpaired) electrons. The number of aromatic nitrogens is 4. The summed E-state index contributed by atoms with van der Waals surface area (Å²) >= 11 is 0. The van der Waals surface area contributed by atoms with Crippen LogP contribution in [0.1, 0.15) is 18.4 Å². The molecular weight excluding hydrogens is 307 g/mol. The Morgan fingerprint density at radius 3 is 3.00 bits per heavy atom. The summed E-state index contributed by atoms with van der Waals surface area (Å²) in [5, 5.41) is 4.21. The van der Waals surface area contributed by atoms with Gasteiger partial charge in [0.15, 0.2) is 0 Å². The van der Waals surface area contributed by atoms with Crippen molar-refractivity contribution in [1.82, 2.24) is 29.1 Å². The zero-order valence-electron chi connectivity index (χ0n) is 14.6. The smallest absolute Gasteiger partial charge is 0.114 e. The summed E-state index contributed by atoms with van der Waals surface area (Å²) in [7, 11) is 4.04. The normalized spacial score (nSPS) is 21.8. The topological polar surface area (TPSA) is 42.1 Å². The molecule has 0 spiro atoms. The van der Waals surface area contributed by atoms with Crippen LogP contribution in [0, 0.1) is 0 Å². The van der Waals surface area contributed by atoms with E-state index in [0.29, 0.717) is 13.0 Å². The third-order valence-electron chi connectivity index (χ3n) is 4.66. The Balaban J connectivity index is 1.46. The van der Waals surface area contributed by atoms with Crippen molar-refractivity contribution in [2.45, 2.75) is 38.1 Å². The van der Waals surface area contributed by atoms with Gasteiger partial charge in [0.1, 0.15) is 6.17 Å². The second-order valence-electron chi connectivity index (χ2n) is 6.85. The fourth-order valence-corrected chi connectivity index (χ4v) is 3.49. The highest BCUT2D eigenvalue weighted by Gasteiger charge is 2.32. The van der Waals surface area contributed by atoms with Gasteiger partial charge in [-0.2, -0.15) is 5.10 Å². The predicted octanol–water partition coefficient (Wildman–Crippen LogP) is 1.55. The maximum atomic E-state index is 13.9. The van der Waals surface area contributed by atoms with Crippen LogP contribution in [-0.2, 0) is 20.1 Å². The molecule has 0 unspecified atom stereocenters. The van der Waals surface area contributed by atoms with Gasteiger partial charge in [-0.25, -0.2) is 9.37 Å². The molecule has 3 heterocycles. The molecule has 132 valence electrons. The highest BCUT2D eigenvalue weighted by Crippen LogP contribution is 2.23. The Kier molecular flexibility index (Phi) is 5.63. The Hall–Kier alpha value is -1.73. The minimum Gasteiger partial charge on any atom is -0.337 e. The highest BCUT2D eigenvalue weighted by atomic mass is 19.1. The van der Waals surface area contributed by atoms with Crippen LogP contribution in [0.25, 0.3) is 0 Å². The molecular formula is C17H27FN6. The molecule has 0 aromatic carbocycles. The van der Waals surface area contributed by atoms with Crippen molar-refractivity contribution in [3.05, 3.63) is 36.7 Å². The van der Waals surface area contributed by atoms with Crippen LogP contribution in [0.5, 0.6) is 0 Å². The number of nitrogens with zero attached hydrogens (tertiary/aromatic N) is 6. The van der Waals surface area contributed by atoms with Crippen molar-refractivity contribution in [3.63, 3.8) is 0 Å². The number of likely N-dealkylation sites (tertiary alicyclic amines) is 1. The van der Waals surface area contributed by atoms with Crippen molar-refractivity contribution < 1.29 is 4.39 Å². The molecule has 3 rings (SSSR count). The molecule has 2 aromatic rings. The van der Waals surface area contributed by atoms with Crippen LogP contribution < -0.4 is 0 Å². The summed E-state index contributed by atoms with van der Waals surface area (Å²) in [6.45, 7) is 4.20. The number of imidazole rings is 1. The minimum absolute atomic E-state index is 0.276. The first-order valence-corrected chi connectivity index (χ1v) is 8.60. The van der Waals surface area contributed by atoms with Gasteiger partial charge in [0, 0.05) is 63.4 Å².